The van der Waals surface area contributed by atoms with Gasteiger partial charge in [0.25, 0.3) is 11.8 Å². The number of esters is 2. The van der Waals surface area contributed by atoms with E-state index in [0.29, 0.717) is 5.56 Å². The van der Waals surface area contributed by atoms with Crippen LogP contribution in [-0.4, -0.2) is 139 Å². The number of nitrogens with zero attached hydrogens (tertiary/aromatic N) is 3. The Labute approximate surface area is 322 Å². The molecule has 1 fully saturated rings. The maximum absolute atomic E-state index is 14.0. The van der Waals surface area contributed by atoms with Crippen molar-refractivity contribution in [1.29, 1.82) is 0 Å². The highest BCUT2D eigenvalue weighted by atomic mass is 16.6. The number of hydrogen-bond donors (Lipinski definition) is 3. The fourth-order valence-corrected chi connectivity index (χ4v) is 5.65. The number of carbonyl (C=O) groups is 8. The van der Waals surface area contributed by atoms with E-state index in [2.05, 4.69) is 22.5 Å². The smallest absolute Gasteiger partial charge is 0.333 e. The molecule has 17 nitrogen and oxygen atoms in total. The highest BCUT2D eigenvalue weighted by Gasteiger charge is 2.42. The van der Waals surface area contributed by atoms with Crippen molar-refractivity contribution < 1.29 is 52.6 Å². The minimum atomic E-state index is -1.65. The molecule has 0 aromatic heterocycles. The predicted molar refractivity (Wildman–Crippen MR) is 199 cm³/mol. The van der Waals surface area contributed by atoms with Gasteiger partial charge in [-0.2, -0.15) is 0 Å². The molecule has 303 valence electrons. The number of benzene rings is 1. The third-order valence-corrected chi connectivity index (χ3v) is 9.17. The zero-order valence-corrected chi connectivity index (χ0v) is 33.4. The van der Waals surface area contributed by atoms with Gasteiger partial charge in [0.15, 0.2) is 18.2 Å². The molecule has 8 atom stereocenters. The highest BCUT2D eigenvalue weighted by molar-refractivity contribution is 6.01. The van der Waals surface area contributed by atoms with Crippen LogP contribution in [0.3, 0.4) is 0 Å². The summed E-state index contributed by atoms with van der Waals surface area (Å²) in [6.45, 7) is 14.0. The van der Waals surface area contributed by atoms with Crippen LogP contribution in [0.4, 0.5) is 0 Å². The first kappa shape index (κ1) is 45.8. The predicted octanol–water partition coefficient (Wildman–Crippen LogP) is 0.122. The van der Waals surface area contributed by atoms with Crippen molar-refractivity contribution in [3.05, 3.63) is 54.6 Å². The maximum atomic E-state index is 14.0. The average Bonchev–Trinajstić information content (AvgIpc) is 3.13. The SMILES string of the molecule is C=C1C(=O)N[C@@H](C)C(=O)N(C)[C@@H](C)C(=O)N[C@@H]([CH]C(C)C)C(=O)N(C)[C@@H]([C@@H](C)OC)C(=O)O[C@H](C)[C@H](NC(C)=O)C(=O)O[C@H](Cc2ccccc2)C(=O)N1C. The van der Waals surface area contributed by atoms with Gasteiger partial charge in [-0.15, -0.1) is 0 Å². The van der Waals surface area contributed by atoms with Gasteiger partial charge < -0.3 is 44.9 Å². The van der Waals surface area contributed by atoms with E-state index in [1.54, 1.807) is 50.6 Å². The van der Waals surface area contributed by atoms with Gasteiger partial charge in [0.1, 0.15) is 29.9 Å². The monoisotopic (exact) mass is 771 g/mol. The van der Waals surface area contributed by atoms with E-state index in [4.69, 9.17) is 14.2 Å². The van der Waals surface area contributed by atoms with Crippen molar-refractivity contribution in [2.75, 3.05) is 28.3 Å². The fraction of sp³-hybridized carbons (Fsp3) is 0.553. The normalized spacial score (nSPS) is 26.7. The first-order valence-corrected chi connectivity index (χ1v) is 17.8. The Balaban J connectivity index is 2.72. The zero-order valence-electron chi connectivity index (χ0n) is 33.4. The average molecular weight is 772 g/mol. The minimum Gasteiger partial charge on any atom is -0.458 e. The quantitative estimate of drug-likeness (QED) is 0.251. The molecule has 0 unspecified atom stereocenters. The molecule has 1 aliphatic heterocycles. The molecule has 1 aliphatic rings. The lowest BCUT2D eigenvalue weighted by molar-refractivity contribution is -0.172. The Morgan fingerprint density at radius 3 is 2.04 bits per heavy atom. The van der Waals surface area contributed by atoms with Crippen LogP contribution >= 0.6 is 0 Å². The lowest BCUT2D eigenvalue weighted by atomic mass is 10.0. The van der Waals surface area contributed by atoms with Crippen molar-refractivity contribution in [2.45, 2.75) is 103 Å². The van der Waals surface area contributed by atoms with Gasteiger partial charge in [-0.25, -0.2) is 9.59 Å². The zero-order chi connectivity index (χ0) is 41.9. The summed E-state index contributed by atoms with van der Waals surface area (Å²) in [4.78, 5) is 111. The highest BCUT2D eigenvalue weighted by Crippen LogP contribution is 2.18. The number of cyclic esters (lactones) is 2. The van der Waals surface area contributed by atoms with Crippen LogP contribution in [0.1, 0.15) is 54.0 Å². The second kappa shape index (κ2) is 20.4. The van der Waals surface area contributed by atoms with Gasteiger partial charge in [0, 0.05) is 41.6 Å². The Morgan fingerprint density at radius 2 is 1.49 bits per heavy atom. The minimum absolute atomic E-state index is 0.167. The standard InChI is InChI=1S/C38H55N6O11/c1-20(2)18-28-35(49)44(11)31(25(7)53-12)38(52)54-24(6)30(40-26(8)45)37(51)55-29(19-27-16-14-13-15-17-27)36(50)43(10)22(4)32(46)39-21(3)34(48)42(9)23(5)33(47)41-28/h13-18,20-21,23-25,28-31H,4,19H2,1-3,5-12H3,(H,39,46)(H,40,45)(H,41,47)/t21-,23-,24+,25+,28-,29+,30-,31-/m0/s1. The van der Waals surface area contributed by atoms with Crippen molar-refractivity contribution in [3.8, 4) is 0 Å². The molecule has 1 heterocycles. The summed E-state index contributed by atoms with van der Waals surface area (Å²) in [6, 6.07) is 1.82. The van der Waals surface area contributed by atoms with E-state index < -0.39 is 102 Å². The fourth-order valence-electron chi connectivity index (χ4n) is 5.65. The summed E-state index contributed by atoms with van der Waals surface area (Å²) in [5.41, 5.74) is 0.176. The van der Waals surface area contributed by atoms with Crippen LogP contribution in [0, 0.1) is 12.3 Å². The third kappa shape index (κ3) is 12.3. The molecule has 0 bridgehead atoms. The molecule has 0 spiro atoms. The van der Waals surface area contributed by atoms with E-state index in [9.17, 15) is 38.4 Å². The van der Waals surface area contributed by atoms with Gasteiger partial charge in [-0.3, -0.25) is 28.8 Å². The molecule has 17 heteroatoms. The van der Waals surface area contributed by atoms with Crippen LogP contribution in [0.15, 0.2) is 42.6 Å². The first-order valence-electron chi connectivity index (χ1n) is 17.8. The molecule has 0 saturated carbocycles. The van der Waals surface area contributed by atoms with Gasteiger partial charge in [0.2, 0.25) is 23.6 Å². The number of methoxy groups -OCH3 is 1. The molecular weight excluding hydrogens is 716 g/mol. The van der Waals surface area contributed by atoms with E-state index in [1.807, 2.05) is 0 Å². The molecular formula is C38H55N6O11. The van der Waals surface area contributed by atoms with Crippen LogP contribution in [0.2, 0.25) is 0 Å². The summed E-state index contributed by atoms with van der Waals surface area (Å²) in [7, 11) is 5.20. The molecule has 1 saturated heterocycles. The molecule has 3 N–H and O–H groups in total. The molecule has 1 aromatic carbocycles. The lowest BCUT2D eigenvalue weighted by Gasteiger charge is -2.35. The Kier molecular flexibility index (Phi) is 17.0. The Bertz CT molecular complexity index is 1600. The molecule has 2 rings (SSSR count). The van der Waals surface area contributed by atoms with Crippen LogP contribution < -0.4 is 16.0 Å². The topological polar surface area (TPSA) is 210 Å². The third-order valence-electron chi connectivity index (χ3n) is 9.17. The van der Waals surface area contributed by atoms with Crippen LogP contribution in [-0.2, 0) is 59.0 Å². The first-order chi connectivity index (χ1) is 25.6. The number of carbonyl (C=O) groups excluding carboxylic acids is 8. The number of likely N-dealkylation sites (N-methyl/N-ethyl adjacent to an activating group) is 3. The van der Waals surface area contributed by atoms with Crippen molar-refractivity contribution in [1.82, 2.24) is 30.7 Å². The van der Waals surface area contributed by atoms with Gasteiger partial charge in [-0.05, 0) is 45.6 Å². The number of ether oxygens (including phenoxy) is 3. The summed E-state index contributed by atoms with van der Waals surface area (Å²) >= 11 is 0. The summed E-state index contributed by atoms with van der Waals surface area (Å²) in [5, 5.41) is 7.52. The van der Waals surface area contributed by atoms with Crippen molar-refractivity contribution >= 4 is 47.4 Å². The number of nitrogens with one attached hydrogen (secondary N) is 3. The summed E-state index contributed by atoms with van der Waals surface area (Å²) < 4.78 is 16.8. The van der Waals surface area contributed by atoms with Crippen molar-refractivity contribution in [3.63, 3.8) is 0 Å². The van der Waals surface area contributed by atoms with Crippen molar-refractivity contribution in [2.24, 2.45) is 5.92 Å². The second-order valence-corrected chi connectivity index (χ2v) is 13.9. The molecule has 55 heavy (non-hydrogen) atoms. The molecule has 0 aliphatic carbocycles. The number of hydrogen-bond acceptors (Lipinski definition) is 11. The molecule has 1 aromatic rings. The largest absolute Gasteiger partial charge is 0.458 e. The van der Waals surface area contributed by atoms with E-state index in [-0.39, 0.29) is 12.3 Å². The molecule has 1 radical (unpaired) electrons. The van der Waals surface area contributed by atoms with Crippen LogP contribution in [0.5, 0.6) is 0 Å². The van der Waals surface area contributed by atoms with E-state index in [0.717, 1.165) is 21.6 Å². The lowest BCUT2D eigenvalue weighted by Crippen LogP contribution is -2.60. The number of amides is 6. The summed E-state index contributed by atoms with van der Waals surface area (Å²) in [5.74, 6) is -7.02. The van der Waals surface area contributed by atoms with Gasteiger partial charge in [0.05, 0.1) is 6.10 Å². The number of rotatable bonds is 7. The Hall–Kier alpha value is -5.32. The Morgan fingerprint density at radius 1 is 0.891 bits per heavy atom. The van der Waals surface area contributed by atoms with Crippen LogP contribution in [0.25, 0.3) is 0 Å². The second-order valence-electron chi connectivity index (χ2n) is 13.9. The van der Waals surface area contributed by atoms with E-state index >= 15 is 0 Å². The van der Waals surface area contributed by atoms with Gasteiger partial charge in [-0.1, -0.05) is 50.8 Å². The summed E-state index contributed by atoms with van der Waals surface area (Å²) in [6.07, 6.45) is -2.59. The van der Waals surface area contributed by atoms with E-state index in [1.165, 1.54) is 55.9 Å². The maximum Gasteiger partial charge on any atom is 0.333 e. The molecule has 6 amide bonds. The van der Waals surface area contributed by atoms with Gasteiger partial charge >= 0.3 is 11.9 Å².